The molecule has 0 aliphatic carbocycles. The molecular weight excluding hydrogens is 321 g/mol. The van der Waals surface area contributed by atoms with Gasteiger partial charge in [0, 0.05) is 0 Å². The van der Waals surface area contributed by atoms with Crippen molar-refractivity contribution >= 4 is 0 Å². The number of aromatic nitrogens is 2. The van der Waals surface area contributed by atoms with Gasteiger partial charge in [-0.05, 0) is 0 Å². The molecule has 2 N–H and O–H groups in total. The Morgan fingerprint density at radius 3 is 1.32 bits per heavy atom. The molecule has 2 heterocycles. The molecule has 0 atom stereocenters. The molecule has 0 bridgehead atoms. The summed E-state index contributed by atoms with van der Waals surface area (Å²) in [5, 5.41) is 0. The summed E-state index contributed by atoms with van der Waals surface area (Å²) >= 11 is 0. The molecule has 2 nitrogen and oxygen atoms in total. The van der Waals surface area contributed by atoms with Crippen molar-refractivity contribution in [3.05, 3.63) is 47.0 Å². The fraction of sp³-hybridized carbons (Fsp3) is 0.500. The summed E-state index contributed by atoms with van der Waals surface area (Å²) < 4.78 is 0. The van der Waals surface area contributed by atoms with E-state index in [0.717, 1.165) is 25.7 Å². The molecule has 0 fully saturated rings. The van der Waals surface area contributed by atoms with Crippen LogP contribution in [-0.2, 0) is 45.2 Å². The zero-order chi connectivity index (χ0) is 13.4. The van der Waals surface area contributed by atoms with Gasteiger partial charge in [-0.3, -0.25) is 0 Å². The number of rotatable bonds is 4. The summed E-state index contributed by atoms with van der Waals surface area (Å²) in [6.45, 7) is 8.63. The van der Waals surface area contributed by atoms with Crippen LogP contribution in [0.5, 0.6) is 0 Å². The monoisotopic (exact) mass is 346 g/mol. The molecule has 0 amide bonds. The molecule has 0 radical (unpaired) electrons. The molecule has 19 heavy (non-hydrogen) atoms. The average molecular weight is 345 g/mol. The van der Waals surface area contributed by atoms with Crippen LogP contribution in [0.25, 0.3) is 0 Å². The van der Waals surface area contributed by atoms with Crippen molar-refractivity contribution in [1.29, 1.82) is 0 Å². The molecule has 2 aromatic heterocycles. The van der Waals surface area contributed by atoms with E-state index in [0.29, 0.717) is 0 Å². The molecule has 2 aromatic rings. The number of hydrogen-bond donors (Lipinski definition) is 2. The standard InChI is InChI=1S/2C8H12N.Ru/c2*1-3-7-5-9-6-8(7)4-2;/h2*5,9H,3-4H2,1-2H3;/q2*-1;+2. The van der Waals surface area contributed by atoms with Crippen LogP contribution in [0.1, 0.15) is 49.9 Å². The van der Waals surface area contributed by atoms with Crippen molar-refractivity contribution < 1.29 is 19.5 Å². The van der Waals surface area contributed by atoms with Crippen molar-refractivity contribution in [3.63, 3.8) is 0 Å². The van der Waals surface area contributed by atoms with Gasteiger partial charge in [-0.1, -0.05) is 53.4 Å². The van der Waals surface area contributed by atoms with Gasteiger partial charge >= 0.3 is 19.5 Å². The first kappa shape index (κ1) is 18.2. The first-order valence-corrected chi connectivity index (χ1v) is 6.90. The second-order valence-electron chi connectivity index (χ2n) is 4.25. The predicted octanol–water partition coefficient (Wildman–Crippen LogP) is 3.88. The van der Waals surface area contributed by atoms with Crippen molar-refractivity contribution in [1.82, 2.24) is 9.97 Å². The normalized spacial score (nSPS) is 9.47. The molecule has 0 aliphatic heterocycles. The van der Waals surface area contributed by atoms with Crippen molar-refractivity contribution in [2.45, 2.75) is 53.4 Å². The third-order valence-corrected chi connectivity index (χ3v) is 3.18. The molecule has 2 rings (SSSR count). The molecule has 0 spiro atoms. The fourth-order valence-corrected chi connectivity index (χ4v) is 2.02. The Kier molecular flexibility index (Phi) is 9.60. The fourth-order valence-electron chi connectivity index (χ4n) is 2.02. The zero-order valence-electron chi connectivity index (χ0n) is 12.3. The van der Waals surface area contributed by atoms with E-state index in [9.17, 15) is 0 Å². The molecule has 0 aliphatic rings. The molecular formula is C16H24N2Ru. The van der Waals surface area contributed by atoms with Crippen LogP contribution in [0, 0.1) is 12.4 Å². The Labute approximate surface area is 130 Å². The van der Waals surface area contributed by atoms with E-state index in [2.05, 4.69) is 50.1 Å². The van der Waals surface area contributed by atoms with E-state index in [-0.39, 0.29) is 19.5 Å². The van der Waals surface area contributed by atoms with E-state index in [1.165, 1.54) is 22.3 Å². The molecule has 106 valence electrons. The van der Waals surface area contributed by atoms with Crippen LogP contribution < -0.4 is 0 Å². The Morgan fingerprint density at radius 2 is 1.11 bits per heavy atom. The number of aryl methyl sites for hydroxylation is 4. The van der Waals surface area contributed by atoms with Crippen LogP contribution in [0.15, 0.2) is 12.4 Å². The minimum absolute atomic E-state index is 0. The number of nitrogens with one attached hydrogen (secondary N) is 2. The summed E-state index contributed by atoms with van der Waals surface area (Å²) in [6, 6.07) is 0. The van der Waals surface area contributed by atoms with Gasteiger partial charge in [0.05, 0.1) is 0 Å². The second-order valence-corrected chi connectivity index (χ2v) is 4.25. The predicted molar refractivity (Wildman–Crippen MR) is 76.8 cm³/mol. The Balaban J connectivity index is 0.000000324. The van der Waals surface area contributed by atoms with Crippen LogP contribution in [-0.4, -0.2) is 9.97 Å². The van der Waals surface area contributed by atoms with Crippen LogP contribution >= 0.6 is 0 Å². The molecule has 0 saturated heterocycles. The summed E-state index contributed by atoms with van der Waals surface area (Å²) in [6.07, 6.45) is 14.6. The van der Waals surface area contributed by atoms with Gasteiger partial charge in [0.1, 0.15) is 0 Å². The van der Waals surface area contributed by atoms with Gasteiger partial charge in [0.25, 0.3) is 0 Å². The van der Waals surface area contributed by atoms with Gasteiger partial charge in [-0.25, -0.2) is 0 Å². The second kappa shape index (κ2) is 10.0. The Bertz CT molecular complexity index is 364. The summed E-state index contributed by atoms with van der Waals surface area (Å²) in [5.41, 5.74) is 5.46. The maximum absolute atomic E-state index is 3.08. The number of H-pyrrole nitrogens is 2. The van der Waals surface area contributed by atoms with Crippen LogP contribution in [0.4, 0.5) is 0 Å². The zero-order valence-corrected chi connectivity index (χ0v) is 14.1. The van der Waals surface area contributed by atoms with E-state index in [4.69, 9.17) is 0 Å². The summed E-state index contributed by atoms with van der Waals surface area (Å²) in [7, 11) is 0. The van der Waals surface area contributed by atoms with Crippen LogP contribution in [0.2, 0.25) is 0 Å². The molecule has 3 heteroatoms. The SMILES string of the molecule is CCc1[c-][nH]cc1CC.CCc1[c-][nH]cc1CC.[Ru+2]. The summed E-state index contributed by atoms with van der Waals surface area (Å²) in [5.74, 6) is 0. The average Bonchev–Trinajstić information content (AvgIpc) is 3.06. The molecule has 0 aromatic carbocycles. The quantitative estimate of drug-likeness (QED) is 0.623. The third-order valence-electron chi connectivity index (χ3n) is 3.18. The first-order valence-electron chi connectivity index (χ1n) is 6.90. The van der Waals surface area contributed by atoms with E-state index in [1.54, 1.807) is 0 Å². The maximum atomic E-state index is 3.08. The van der Waals surface area contributed by atoms with E-state index in [1.807, 2.05) is 12.4 Å². The molecule has 0 saturated carbocycles. The minimum Gasteiger partial charge on any atom is -0.484 e. The van der Waals surface area contributed by atoms with E-state index >= 15 is 0 Å². The topological polar surface area (TPSA) is 31.6 Å². The van der Waals surface area contributed by atoms with Gasteiger partial charge in [-0.2, -0.15) is 22.3 Å². The number of aromatic amines is 2. The van der Waals surface area contributed by atoms with Crippen molar-refractivity contribution in [2.75, 3.05) is 0 Å². The van der Waals surface area contributed by atoms with E-state index < -0.39 is 0 Å². The largest absolute Gasteiger partial charge is 2.00 e. The van der Waals surface area contributed by atoms with Gasteiger partial charge in [0.15, 0.2) is 0 Å². The first-order chi connectivity index (χ1) is 8.76. The third kappa shape index (κ3) is 5.36. The van der Waals surface area contributed by atoms with Crippen LogP contribution in [0.3, 0.4) is 0 Å². The molecule has 0 unspecified atom stereocenters. The number of hydrogen-bond acceptors (Lipinski definition) is 0. The summed E-state index contributed by atoms with van der Waals surface area (Å²) in [4.78, 5) is 5.95. The van der Waals surface area contributed by atoms with Gasteiger partial charge in [0.2, 0.25) is 0 Å². The van der Waals surface area contributed by atoms with Gasteiger partial charge in [-0.15, -0.1) is 24.8 Å². The maximum Gasteiger partial charge on any atom is 2.00 e. The van der Waals surface area contributed by atoms with Gasteiger partial charge < -0.3 is 9.97 Å². The van der Waals surface area contributed by atoms with Crippen molar-refractivity contribution in [3.8, 4) is 0 Å². The van der Waals surface area contributed by atoms with Crippen molar-refractivity contribution in [2.24, 2.45) is 0 Å². The smallest absolute Gasteiger partial charge is 0.484 e. The Hall–Kier alpha value is -0.817. The Morgan fingerprint density at radius 1 is 0.737 bits per heavy atom. The minimum atomic E-state index is 0.